The molecule has 0 aliphatic carbocycles. The van der Waals surface area contributed by atoms with Crippen molar-refractivity contribution in [3.63, 3.8) is 0 Å². The zero-order valence-electron chi connectivity index (χ0n) is 14.6. The minimum Gasteiger partial charge on any atom is -0.387 e. The summed E-state index contributed by atoms with van der Waals surface area (Å²) in [5, 5.41) is 13.0. The number of benzene rings is 1. The van der Waals surface area contributed by atoms with Gasteiger partial charge in [0, 0.05) is 45.3 Å². The molecule has 2 aliphatic heterocycles. The van der Waals surface area contributed by atoms with Crippen molar-refractivity contribution in [2.75, 3.05) is 45.8 Å². The van der Waals surface area contributed by atoms with E-state index < -0.39 is 6.10 Å². The molecule has 3 rings (SSSR count). The Morgan fingerprint density at radius 2 is 1.96 bits per heavy atom. The van der Waals surface area contributed by atoms with Gasteiger partial charge in [-0.3, -0.25) is 19.5 Å². The molecule has 7 nitrogen and oxygen atoms in total. The monoisotopic (exact) mass is 346 g/mol. The fourth-order valence-electron chi connectivity index (χ4n) is 3.47. The molecular weight excluding hydrogens is 320 g/mol. The summed E-state index contributed by atoms with van der Waals surface area (Å²) in [6.45, 7) is 6.61. The lowest BCUT2D eigenvalue weighted by molar-refractivity contribution is -0.125. The zero-order chi connectivity index (χ0) is 17.8. The maximum Gasteiger partial charge on any atom is 0.324 e. The first kappa shape index (κ1) is 17.8. The summed E-state index contributed by atoms with van der Waals surface area (Å²) in [4.78, 5) is 29.0. The third-order valence-electron chi connectivity index (χ3n) is 5.02. The lowest BCUT2D eigenvalue weighted by Crippen LogP contribution is -2.54. The molecule has 136 valence electrons. The van der Waals surface area contributed by atoms with Crippen LogP contribution in [0, 0.1) is 0 Å². The number of amides is 3. The summed E-state index contributed by atoms with van der Waals surface area (Å²) >= 11 is 0. The quantitative estimate of drug-likeness (QED) is 0.724. The van der Waals surface area contributed by atoms with Crippen LogP contribution in [0.3, 0.4) is 0 Å². The fourth-order valence-corrected chi connectivity index (χ4v) is 3.47. The highest BCUT2D eigenvalue weighted by molar-refractivity contribution is 6.01. The van der Waals surface area contributed by atoms with Crippen LogP contribution in [0.1, 0.15) is 18.6 Å². The molecular formula is C18H26N4O3. The Hall–Kier alpha value is -1.96. The third kappa shape index (κ3) is 4.36. The Balaban J connectivity index is 1.46. The van der Waals surface area contributed by atoms with Gasteiger partial charge < -0.3 is 10.4 Å². The predicted octanol–water partition coefficient (Wildman–Crippen LogP) is 0.278. The van der Waals surface area contributed by atoms with Gasteiger partial charge in [0.15, 0.2) is 0 Å². The van der Waals surface area contributed by atoms with Gasteiger partial charge in [0.2, 0.25) is 5.91 Å². The Labute approximate surface area is 148 Å². The second-order valence-corrected chi connectivity index (χ2v) is 6.78. The number of carbonyl (C=O) groups is 2. The molecule has 25 heavy (non-hydrogen) atoms. The van der Waals surface area contributed by atoms with Crippen molar-refractivity contribution < 1.29 is 14.7 Å². The zero-order valence-corrected chi connectivity index (χ0v) is 14.6. The number of nitrogens with zero attached hydrogens (tertiary/aromatic N) is 3. The van der Waals surface area contributed by atoms with Crippen molar-refractivity contribution in [3.8, 4) is 0 Å². The molecule has 2 aliphatic rings. The van der Waals surface area contributed by atoms with E-state index in [-0.39, 0.29) is 18.5 Å². The summed E-state index contributed by atoms with van der Waals surface area (Å²) < 4.78 is 0. The molecule has 0 saturated carbocycles. The van der Waals surface area contributed by atoms with Crippen molar-refractivity contribution in [3.05, 3.63) is 35.9 Å². The second-order valence-electron chi connectivity index (χ2n) is 6.78. The predicted molar refractivity (Wildman–Crippen MR) is 94.0 cm³/mol. The van der Waals surface area contributed by atoms with Crippen molar-refractivity contribution in [2.45, 2.75) is 19.1 Å². The van der Waals surface area contributed by atoms with Crippen LogP contribution in [-0.2, 0) is 4.79 Å². The molecule has 3 amide bonds. The highest BCUT2D eigenvalue weighted by atomic mass is 16.3. The van der Waals surface area contributed by atoms with Crippen molar-refractivity contribution in [2.24, 2.45) is 0 Å². The molecule has 1 aromatic rings. The highest BCUT2D eigenvalue weighted by Gasteiger charge is 2.30. The Morgan fingerprint density at radius 3 is 2.60 bits per heavy atom. The molecule has 0 unspecified atom stereocenters. The van der Waals surface area contributed by atoms with Gasteiger partial charge in [0.05, 0.1) is 12.6 Å². The number of piperazine rings is 1. The largest absolute Gasteiger partial charge is 0.387 e. The van der Waals surface area contributed by atoms with Crippen LogP contribution in [0.2, 0.25) is 0 Å². The molecule has 2 saturated heterocycles. The van der Waals surface area contributed by atoms with Crippen LogP contribution in [0.25, 0.3) is 0 Å². The topological polar surface area (TPSA) is 76.1 Å². The Morgan fingerprint density at radius 1 is 1.20 bits per heavy atom. The van der Waals surface area contributed by atoms with Gasteiger partial charge in [0.25, 0.3) is 0 Å². The van der Waals surface area contributed by atoms with E-state index in [1.54, 1.807) is 0 Å². The molecule has 2 atom stereocenters. The molecule has 0 radical (unpaired) electrons. The van der Waals surface area contributed by atoms with E-state index in [1.165, 1.54) is 4.90 Å². The van der Waals surface area contributed by atoms with Gasteiger partial charge in [-0.05, 0) is 12.5 Å². The number of carbonyl (C=O) groups excluding carboxylic acids is 2. The smallest absolute Gasteiger partial charge is 0.324 e. The number of imide groups is 1. The van der Waals surface area contributed by atoms with Gasteiger partial charge in [0.1, 0.15) is 0 Å². The van der Waals surface area contributed by atoms with Gasteiger partial charge >= 0.3 is 6.03 Å². The lowest BCUT2D eigenvalue weighted by Gasteiger charge is -2.41. The molecule has 0 aromatic heterocycles. The first-order chi connectivity index (χ1) is 12.0. The van der Waals surface area contributed by atoms with Gasteiger partial charge in [-0.2, -0.15) is 0 Å². The van der Waals surface area contributed by atoms with Crippen LogP contribution in [0.5, 0.6) is 0 Å². The average molecular weight is 346 g/mol. The van der Waals surface area contributed by atoms with Crippen LogP contribution < -0.4 is 5.32 Å². The highest BCUT2D eigenvalue weighted by Crippen LogP contribution is 2.17. The summed E-state index contributed by atoms with van der Waals surface area (Å²) in [6.07, 6.45) is -0.485. The number of nitrogens with one attached hydrogen (secondary N) is 1. The van der Waals surface area contributed by atoms with Crippen LogP contribution in [0.15, 0.2) is 30.3 Å². The van der Waals surface area contributed by atoms with E-state index in [1.807, 2.05) is 30.3 Å². The van der Waals surface area contributed by atoms with Crippen molar-refractivity contribution in [1.82, 2.24) is 20.0 Å². The number of hydrogen-bond acceptors (Lipinski definition) is 5. The number of aliphatic hydroxyl groups excluding tert-OH is 1. The lowest BCUT2D eigenvalue weighted by atomic mass is 10.1. The molecule has 0 bridgehead atoms. The van der Waals surface area contributed by atoms with E-state index >= 15 is 0 Å². The van der Waals surface area contributed by atoms with Crippen molar-refractivity contribution >= 4 is 11.9 Å². The normalized spacial score (nSPS) is 23.8. The van der Waals surface area contributed by atoms with Gasteiger partial charge in [-0.15, -0.1) is 0 Å². The Bertz CT molecular complexity index is 594. The maximum absolute atomic E-state index is 11.6. The number of hydrogen-bond donors (Lipinski definition) is 2. The number of β-amino-alcohol motifs (C(OH)–C–C–N with tert-alkyl or cyclic N) is 1. The molecule has 7 heteroatoms. The summed E-state index contributed by atoms with van der Waals surface area (Å²) in [5.41, 5.74) is 0.940. The standard InChI is InChI=1S/C18H26N4O3/c1-14-12-20(8-10-22-17(24)11-19-18(22)25)7-9-21(14)13-16(23)15-5-3-2-4-6-15/h2-6,14,16,23H,7-13H2,1H3,(H,19,25)/t14-,16+/m0/s1. The van der Waals surface area contributed by atoms with E-state index in [4.69, 9.17) is 0 Å². The van der Waals surface area contributed by atoms with Gasteiger partial charge in [-0.1, -0.05) is 30.3 Å². The fraction of sp³-hybridized carbons (Fsp3) is 0.556. The Kier molecular flexibility index (Phi) is 5.67. The van der Waals surface area contributed by atoms with E-state index in [9.17, 15) is 14.7 Å². The summed E-state index contributed by atoms with van der Waals surface area (Å²) in [6, 6.07) is 9.75. The number of urea groups is 1. The van der Waals surface area contributed by atoms with Gasteiger partial charge in [-0.25, -0.2) is 4.79 Å². The minimum absolute atomic E-state index is 0.111. The number of rotatable bonds is 6. The van der Waals surface area contributed by atoms with E-state index in [0.29, 0.717) is 25.7 Å². The number of aliphatic hydroxyl groups is 1. The minimum atomic E-state index is -0.485. The molecule has 2 heterocycles. The third-order valence-corrected chi connectivity index (χ3v) is 5.02. The average Bonchev–Trinajstić information content (AvgIpc) is 2.94. The molecule has 0 spiro atoms. The van der Waals surface area contributed by atoms with Crippen molar-refractivity contribution in [1.29, 1.82) is 0 Å². The van der Waals surface area contributed by atoms with Crippen LogP contribution in [0.4, 0.5) is 4.79 Å². The first-order valence-electron chi connectivity index (χ1n) is 8.82. The first-order valence-corrected chi connectivity index (χ1v) is 8.82. The SMILES string of the molecule is C[C@H]1CN(CCN2C(=O)CNC2=O)CCN1C[C@@H](O)c1ccccc1. The van der Waals surface area contributed by atoms with Crippen LogP contribution in [-0.4, -0.2) is 83.6 Å². The molecule has 2 fully saturated rings. The second kappa shape index (κ2) is 7.95. The summed E-state index contributed by atoms with van der Waals surface area (Å²) in [5.74, 6) is -0.150. The van der Waals surface area contributed by atoms with E-state index in [0.717, 1.165) is 25.2 Å². The maximum atomic E-state index is 11.6. The van der Waals surface area contributed by atoms with E-state index in [2.05, 4.69) is 22.0 Å². The molecule has 1 aromatic carbocycles. The van der Waals surface area contributed by atoms with Crippen LogP contribution >= 0.6 is 0 Å². The summed E-state index contributed by atoms with van der Waals surface area (Å²) in [7, 11) is 0. The molecule has 2 N–H and O–H groups in total.